The van der Waals surface area contributed by atoms with Crippen molar-refractivity contribution in [3.63, 3.8) is 0 Å². The maximum absolute atomic E-state index is 14.5. The molecule has 16 N–H and O–H groups in total. The number of phenolic OH excluding ortho intramolecular Hbond substituents is 1. The van der Waals surface area contributed by atoms with Crippen LogP contribution in [0.15, 0.2) is 54.6 Å². The Morgan fingerprint density at radius 2 is 0.766 bits per heavy atom. The molecule has 0 fully saturated rings. The number of nitrogens with one attached hydrogen (secondary N) is 11. The molecule has 0 aliphatic heterocycles. The number of unbranched alkanes of at least 4 members (excludes halogenated alkanes) is 5. The first-order valence-corrected chi connectivity index (χ1v) is 31.4. The van der Waals surface area contributed by atoms with Crippen LogP contribution in [0.3, 0.4) is 0 Å². The van der Waals surface area contributed by atoms with Gasteiger partial charge in [0.2, 0.25) is 59.1 Å². The van der Waals surface area contributed by atoms with Gasteiger partial charge in [0.05, 0.1) is 12.6 Å². The maximum atomic E-state index is 14.5. The lowest BCUT2D eigenvalue weighted by atomic mass is 10.0. The number of carboxylic acid groups (broad SMARTS) is 3. The lowest BCUT2D eigenvalue weighted by Gasteiger charge is -2.29. The van der Waals surface area contributed by atoms with E-state index in [2.05, 4.69) is 58.5 Å². The summed E-state index contributed by atoms with van der Waals surface area (Å²) in [4.78, 5) is 199. The van der Waals surface area contributed by atoms with Gasteiger partial charge in [-0.15, -0.1) is 0 Å². The highest BCUT2D eigenvalue weighted by Crippen LogP contribution is 2.15. The average molecular weight is 1320 g/mol. The Morgan fingerprint density at radius 3 is 1.18 bits per heavy atom. The zero-order valence-corrected chi connectivity index (χ0v) is 53.7. The van der Waals surface area contributed by atoms with Crippen molar-refractivity contribution in [2.24, 2.45) is 0 Å². The second-order valence-corrected chi connectivity index (χ2v) is 22.6. The van der Waals surface area contributed by atoms with Crippen LogP contribution in [0.1, 0.15) is 148 Å². The number of amides is 10. The molecule has 11 atom stereocenters. The molecule has 0 radical (unpaired) electrons. The maximum Gasteiger partial charge on any atom is 0.326 e. The Kier molecular flexibility index (Phi) is 38.0. The third-order valence-corrected chi connectivity index (χ3v) is 14.8. The van der Waals surface area contributed by atoms with Gasteiger partial charge in [-0.05, 0) is 69.3 Å². The molecule has 31 heteroatoms. The van der Waals surface area contributed by atoms with E-state index in [-0.39, 0.29) is 57.1 Å². The van der Waals surface area contributed by atoms with Gasteiger partial charge in [-0.2, -0.15) is 0 Å². The molecule has 2 rings (SSSR count). The van der Waals surface area contributed by atoms with Crippen LogP contribution in [0.2, 0.25) is 0 Å². The predicted molar refractivity (Wildman–Crippen MR) is 337 cm³/mol. The van der Waals surface area contributed by atoms with Crippen molar-refractivity contribution < 1.29 is 97.5 Å². The average Bonchev–Trinajstić information content (AvgIpc) is 0.975. The van der Waals surface area contributed by atoms with E-state index in [0.29, 0.717) is 49.5 Å². The zero-order chi connectivity index (χ0) is 70.3. The molecular weight excluding hydrogens is 1230 g/mol. The number of carboxylic acids is 3. The number of carbonyl (C=O) groups is 15. The zero-order valence-electron chi connectivity index (χ0n) is 53.7. The molecular formula is C63H93N11O20. The number of rotatable bonds is 48. The first kappa shape index (κ1) is 80.7. The minimum absolute atomic E-state index is 0.0840. The van der Waals surface area contributed by atoms with Crippen LogP contribution in [0.4, 0.5) is 0 Å². The topological polar surface area (TPSA) is 490 Å². The normalized spacial score (nSPS) is 14.4. The minimum Gasteiger partial charge on any atom is -0.508 e. The summed E-state index contributed by atoms with van der Waals surface area (Å²) < 4.78 is 0. The largest absolute Gasteiger partial charge is 0.508 e. The number of aliphatic hydroxyl groups is 1. The van der Waals surface area contributed by atoms with Crippen molar-refractivity contribution in [3.8, 4) is 5.75 Å². The number of carbonyl (C=O) groups excluding carboxylic acids is 12. The van der Waals surface area contributed by atoms with Crippen molar-refractivity contribution in [1.29, 1.82) is 0 Å². The second kappa shape index (κ2) is 44.2. The first-order chi connectivity index (χ1) is 44.7. The minimum atomic E-state index is -1.96. The fraction of sp³-hybridized carbons (Fsp3) is 0.571. The molecule has 0 saturated heterocycles. The van der Waals surface area contributed by atoms with Gasteiger partial charge in [-0.3, -0.25) is 57.5 Å². The van der Waals surface area contributed by atoms with Crippen LogP contribution in [-0.2, 0) is 84.8 Å². The van der Waals surface area contributed by atoms with Crippen LogP contribution in [0, 0.1) is 0 Å². The number of hydrogen-bond donors (Lipinski definition) is 16. The van der Waals surface area contributed by atoms with E-state index in [4.69, 9.17) is 0 Å². The van der Waals surface area contributed by atoms with Gasteiger partial charge in [0.25, 0.3) is 0 Å². The van der Waals surface area contributed by atoms with Gasteiger partial charge in [0.15, 0.2) is 0 Å². The van der Waals surface area contributed by atoms with E-state index >= 15 is 0 Å². The molecule has 0 bridgehead atoms. The number of aliphatic hydroxyl groups excluding tert-OH is 1. The van der Waals surface area contributed by atoms with Crippen LogP contribution in [0.25, 0.3) is 0 Å². The highest BCUT2D eigenvalue weighted by atomic mass is 16.4. The summed E-state index contributed by atoms with van der Waals surface area (Å²) in [6.07, 6.45) is -1.15. The molecule has 2 aromatic rings. The number of aromatic hydroxyl groups is 1. The highest BCUT2D eigenvalue weighted by Gasteiger charge is 2.37. The van der Waals surface area contributed by atoms with E-state index < -0.39 is 182 Å². The fourth-order valence-electron chi connectivity index (χ4n) is 9.50. The molecule has 11 unspecified atom stereocenters. The molecule has 10 amide bonds. The van der Waals surface area contributed by atoms with E-state index in [1.54, 1.807) is 37.4 Å². The van der Waals surface area contributed by atoms with E-state index in [0.717, 1.165) is 19.8 Å². The van der Waals surface area contributed by atoms with Crippen molar-refractivity contribution in [2.45, 2.75) is 216 Å². The number of aldehydes is 2. The van der Waals surface area contributed by atoms with Crippen molar-refractivity contribution in [3.05, 3.63) is 65.7 Å². The SMILES string of the molecule is CCCCCC(NC(=O)CNC)C(=O)NC(CCCC)C(=O)NC(CC=O)C(=O)NC(CC=O)C(=O)NC(Cc1ccccc1)C(=O)NC(CCCCC)C(=O)NC(C(=O)NC(CCC(=O)O)C(=O)NC(CCC(=O)O)C(=O)NC(Cc1ccc(O)cc1)C(=O)O)C(C)O. The van der Waals surface area contributed by atoms with Crippen LogP contribution >= 0.6 is 0 Å². The Balaban J connectivity index is 2.48. The second-order valence-electron chi connectivity index (χ2n) is 22.6. The molecule has 0 aromatic heterocycles. The monoisotopic (exact) mass is 1320 g/mol. The van der Waals surface area contributed by atoms with Gasteiger partial charge in [-0.1, -0.05) is 115 Å². The Hall–Kier alpha value is -9.39. The van der Waals surface area contributed by atoms with Crippen molar-refractivity contribution >= 4 is 89.6 Å². The smallest absolute Gasteiger partial charge is 0.326 e. The highest BCUT2D eigenvalue weighted by molar-refractivity contribution is 6.00. The summed E-state index contributed by atoms with van der Waals surface area (Å²) in [5.41, 5.74) is 0.822. The third kappa shape index (κ3) is 30.8. The first-order valence-electron chi connectivity index (χ1n) is 31.4. The van der Waals surface area contributed by atoms with E-state index in [1.807, 2.05) is 20.8 Å². The summed E-state index contributed by atoms with van der Waals surface area (Å²) in [5, 5.41) is 76.6. The van der Waals surface area contributed by atoms with Gasteiger partial charge in [-0.25, -0.2) is 4.79 Å². The number of hydrogen-bond acceptors (Lipinski definition) is 18. The fourth-order valence-corrected chi connectivity index (χ4v) is 9.50. The molecule has 0 aliphatic rings. The molecule has 0 spiro atoms. The number of aliphatic carboxylic acids is 3. The molecule has 2 aromatic carbocycles. The quantitative estimate of drug-likeness (QED) is 0.0278. The molecule has 520 valence electrons. The van der Waals surface area contributed by atoms with Gasteiger partial charge in [0, 0.05) is 38.5 Å². The number of benzene rings is 2. The van der Waals surface area contributed by atoms with Gasteiger partial charge in [0.1, 0.15) is 78.7 Å². The molecule has 0 heterocycles. The van der Waals surface area contributed by atoms with E-state index in [1.165, 1.54) is 24.3 Å². The molecule has 31 nitrogen and oxygen atoms in total. The van der Waals surface area contributed by atoms with Gasteiger partial charge < -0.3 is 93.6 Å². The number of phenols is 1. The Morgan fingerprint density at radius 1 is 0.415 bits per heavy atom. The lowest BCUT2D eigenvalue weighted by molar-refractivity contribution is -0.143. The molecule has 0 aliphatic carbocycles. The third-order valence-electron chi connectivity index (χ3n) is 14.8. The summed E-state index contributed by atoms with van der Waals surface area (Å²) in [5.74, 6) is -14.6. The number of likely N-dealkylation sites (N-methyl/N-ethyl adjacent to an activating group) is 1. The van der Waals surface area contributed by atoms with Crippen molar-refractivity contribution in [2.75, 3.05) is 13.6 Å². The summed E-state index contributed by atoms with van der Waals surface area (Å²) >= 11 is 0. The summed E-state index contributed by atoms with van der Waals surface area (Å²) in [7, 11) is 1.55. The summed E-state index contributed by atoms with van der Waals surface area (Å²) in [6, 6.07) is -2.64. The van der Waals surface area contributed by atoms with Crippen LogP contribution < -0.4 is 58.5 Å². The van der Waals surface area contributed by atoms with Gasteiger partial charge >= 0.3 is 17.9 Å². The molecule has 0 saturated carbocycles. The summed E-state index contributed by atoms with van der Waals surface area (Å²) in [6.45, 7) is 6.63. The lowest BCUT2D eigenvalue weighted by Crippen LogP contribution is -2.62. The molecule has 94 heavy (non-hydrogen) atoms. The Bertz CT molecular complexity index is 2840. The Labute approximate surface area is 545 Å². The standard InChI is InChI=1S/C63H93N11O20/c1-6-9-13-20-41(65-50(79)36-64-5)54(84)66-42(19-11-8-3)55(85)69-46(30-32-75)58(88)70-47(31-33-76)59(89)72-48(34-38-17-15-12-16-18-38)61(91)67-43(21-14-10-7-2)60(90)74-53(37(4)77)62(92)71-45(27-29-52(82)83)56(86)68-44(26-28-51(80)81)57(87)73-49(63(93)94)35-39-22-24-40(78)25-23-39/h12,15-18,22-25,32-33,37,41-49,53,64,77-78H,6-11,13-14,19-21,26-31,34-36H2,1-5H3,(H,65,79)(H,66,84)(H,67,91)(H,68,86)(H,69,85)(H,70,88)(H,71,92)(H,72,89)(H,73,87)(H,74,90)(H,80,81)(H,82,83)(H,93,94). The van der Waals surface area contributed by atoms with Crippen molar-refractivity contribution in [1.82, 2.24) is 58.5 Å². The van der Waals surface area contributed by atoms with E-state index in [9.17, 15) is 97.5 Å². The predicted octanol–water partition coefficient (Wildman–Crippen LogP) is -1.03. The van der Waals surface area contributed by atoms with Crippen LogP contribution in [-0.4, -0.2) is 195 Å². The van der Waals surface area contributed by atoms with Crippen LogP contribution in [0.5, 0.6) is 5.75 Å².